The molecule has 0 bridgehead atoms. The van der Waals surface area contributed by atoms with Crippen molar-refractivity contribution in [2.24, 2.45) is 0 Å². The predicted octanol–water partition coefficient (Wildman–Crippen LogP) is 4.28. The van der Waals surface area contributed by atoms with Gasteiger partial charge in [-0.1, -0.05) is 49.6 Å². The van der Waals surface area contributed by atoms with Gasteiger partial charge in [0.25, 0.3) is 0 Å². The van der Waals surface area contributed by atoms with Gasteiger partial charge in [-0.2, -0.15) is 0 Å². The fourth-order valence-corrected chi connectivity index (χ4v) is 7.21. The molecule has 0 spiro atoms. The summed E-state index contributed by atoms with van der Waals surface area (Å²) in [7, 11) is -5.95. The van der Waals surface area contributed by atoms with Crippen molar-refractivity contribution in [3.05, 3.63) is 35.9 Å². The molecule has 0 aliphatic carbocycles. The summed E-state index contributed by atoms with van der Waals surface area (Å²) in [5.41, 5.74) is 0.446. The largest absolute Gasteiger partial charge is 0.500 e. The quantitative estimate of drug-likeness (QED) is 0.203. The monoisotopic (exact) mass is 444 g/mol. The molecule has 1 aromatic carbocycles. The number of Topliss-reactive ketones (excluding diaryl/α,β-unsaturated/α-hetero) is 1. The Labute approximate surface area is 177 Å². The van der Waals surface area contributed by atoms with Crippen LogP contribution in [-0.2, 0) is 23.1 Å². The number of carbonyl (C=O) groups is 1. The van der Waals surface area contributed by atoms with Crippen molar-refractivity contribution < 1.29 is 26.5 Å². The predicted molar refractivity (Wildman–Crippen MR) is 118 cm³/mol. The minimum Gasteiger partial charge on any atom is -0.374 e. The van der Waals surface area contributed by atoms with Crippen molar-refractivity contribution in [3.63, 3.8) is 0 Å². The number of hydrogen-bond acceptors (Lipinski definition) is 6. The Kier molecular flexibility index (Phi) is 12.6. The zero-order valence-electron chi connectivity index (χ0n) is 18.0. The van der Waals surface area contributed by atoms with Gasteiger partial charge in [-0.05, 0) is 33.6 Å². The number of hydrogen-bond donors (Lipinski definition) is 0. The Morgan fingerprint density at radius 1 is 0.828 bits per heavy atom. The summed E-state index contributed by atoms with van der Waals surface area (Å²) in [5.74, 6) is -0.696. The van der Waals surface area contributed by atoms with Crippen molar-refractivity contribution in [2.75, 3.05) is 31.3 Å². The van der Waals surface area contributed by atoms with E-state index in [2.05, 4.69) is 0 Å². The molecule has 0 heterocycles. The second-order valence-corrected chi connectivity index (χ2v) is 11.8. The second-order valence-electron chi connectivity index (χ2n) is 6.88. The first-order chi connectivity index (χ1) is 13.9. The average Bonchev–Trinajstić information content (AvgIpc) is 2.68. The number of unbranched alkanes of at least 4 members (excludes halogenated alkanes) is 4. The number of sulfone groups is 1. The molecule has 0 N–H and O–H groups in total. The smallest absolute Gasteiger partial charge is 0.374 e. The SMILES string of the molecule is CCO[Si](CCCCCCCS(=O)(=O)CC(=O)c1ccccc1)(OCC)OCC. The van der Waals surface area contributed by atoms with E-state index in [-0.39, 0.29) is 11.5 Å². The molecule has 0 fully saturated rings. The van der Waals surface area contributed by atoms with Crippen molar-refractivity contribution in [1.82, 2.24) is 0 Å². The lowest BCUT2D eigenvalue weighted by atomic mass is 10.2. The zero-order chi connectivity index (χ0) is 21.6. The summed E-state index contributed by atoms with van der Waals surface area (Å²) in [5, 5.41) is 0. The van der Waals surface area contributed by atoms with Crippen LogP contribution in [-0.4, -0.2) is 54.3 Å². The van der Waals surface area contributed by atoms with E-state index in [1.165, 1.54) is 0 Å². The number of ketones is 1. The molecule has 1 rings (SSSR count). The van der Waals surface area contributed by atoms with E-state index in [9.17, 15) is 13.2 Å². The van der Waals surface area contributed by atoms with Crippen LogP contribution in [0.4, 0.5) is 0 Å². The molecule has 0 amide bonds. The van der Waals surface area contributed by atoms with E-state index >= 15 is 0 Å². The van der Waals surface area contributed by atoms with Gasteiger partial charge in [0.2, 0.25) is 0 Å². The lowest BCUT2D eigenvalue weighted by Gasteiger charge is -2.28. The van der Waals surface area contributed by atoms with E-state index in [0.717, 1.165) is 31.7 Å². The number of benzene rings is 1. The molecule has 0 saturated heterocycles. The molecular formula is C21H36O6SSi. The van der Waals surface area contributed by atoms with Gasteiger partial charge in [0.15, 0.2) is 15.6 Å². The van der Waals surface area contributed by atoms with Gasteiger partial charge in [0, 0.05) is 31.4 Å². The van der Waals surface area contributed by atoms with Crippen LogP contribution in [0.5, 0.6) is 0 Å². The van der Waals surface area contributed by atoms with E-state index in [1.807, 2.05) is 20.8 Å². The summed E-state index contributed by atoms with van der Waals surface area (Å²) >= 11 is 0. The van der Waals surface area contributed by atoms with Crippen LogP contribution in [0.2, 0.25) is 6.04 Å². The van der Waals surface area contributed by atoms with Gasteiger partial charge >= 0.3 is 8.80 Å². The summed E-state index contributed by atoms with van der Waals surface area (Å²) in [6, 6.07) is 9.35. The molecule has 6 nitrogen and oxygen atoms in total. The van der Waals surface area contributed by atoms with Crippen molar-refractivity contribution in [3.8, 4) is 0 Å². The summed E-state index contributed by atoms with van der Waals surface area (Å²) in [6.45, 7) is 7.57. The molecule has 0 atom stereocenters. The fourth-order valence-electron chi connectivity index (χ4n) is 3.17. The highest BCUT2D eigenvalue weighted by atomic mass is 32.2. The molecule has 8 heteroatoms. The molecule has 0 aliphatic heterocycles. The molecule has 0 saturated carbocycles. The van der Waals surface area contributed by atoms with Gasteiger partial charge in [-0.25, -0.2) is 8.42 Å². The van der Waals surface area contributed by atoms with Crippen LogP contribution in [0.25, 0.3) is 0 Å². The topological polar surface area (TPSA) is 78.9 Å². The van der Waals surface area contributed by atoms with Gasteiger partial charge in [-0.15, -0.1) is 0 Å². The molecule has 0 aliphatic rings. The third-order valence-electron chi connectivity index (χ3n) is 4.48. The first kappa shape index (κ1) is 26.0. The lowest BCUT2D eigenvalue weighted by molar-refractivity contribution is 0.0706. The highest BCUT2D eigenvalue weighted by Gasteiger charge is 2.39. The van der Waals surface area contributed by atoms with E-state index in [4.69, 9.17) is 13.3 Å². The Balaban J connectivity index is 2.29. The fraction of sp³-hybridized carbons (Fsp3) is 0.667. The van der Waals surface area contributed by atoms with Gasteiger partial charge in [-0.3, -0.25) is 4.79 Å². The standard InChI is InChI=1S/C21H36O6SSi/c1-4-25-29(26-5-2,27-6-3)18-14-9-7-8-13-17-28(23,24)19-21(22)20-15-11-10-12-16-20/h10-12,15-16H,4-9,13-14,17-19H2,1-3H3. The van der Waals surface area contributed by atoms with E-state index in [0.29, 0.717) is 31.8 Å². The molecule has 0 aromatic heterocycles. The van der Waals surface area contributed by atoms with Crippen molar-refractivity contribution in [2.45, 2.75) is 58.9 Å². The third-order valence-corrected chi connectivity index (χ3v) is 9.24. The maximum Gasteiger partial charge on any atom is 0.500 e. The maximum atomic E-state index is 12.2. The maximum absolute atomic E-state index is 12.2. The molecule has 29 heavy (non-hydrogen) atoms. The molecule has 166 valence electrons. The number of carbonyl (C=O) groups excluding carboxylic acids is 1. The van der Waals surface area contributed by atoms with Crippen LogP contribution in [0.3, 0.4) is 0 Å². The van der Waals surface area contributed by atoms with Gasteiger partial charge in [0.05, 0.1) is 5.75 Å². The lowest BCUT2D eigenvalue weighted by Crippen LogP contribution is -2.45. The molecule has 0 radical (unpaired) electrons. The van der Waals surface area contributed by atoms with Crippen LogP contribution in [0.1, 0.15) is 63.2 Å². The summed E-state index contributed by atoms with van der Waals surface area (Å²) in [4.78, 5) is 12.1. The Bertz CT molecular complexity index is 661. The van der Waals surface area contributed by atoms with E-state index < -0.39 is 24.4 Å². The van der Waals surface area contributed by atoms with Crippen LogP contribution in [0.15, 0.2) is 30.3 Å². The highest BCUT2D eigenvalue weighted by Crippen LogP contribution is 2.20. The van der Waals surface area contributed by atoms with Gasteiger partial charge in [0.1, 0.15) is 5.75 Å². The van der Waals surface area contributed by atoms with Crippen molar-refractivity contribution >= 4 is 24.4 Å². The second kappa shape index (κ2) is 14.0. The Morgan fingerprint density at radius 2 is 1.34 bits per heavy atom. The first-order valence-electron chi connectivity index (χ1n) is 10.6. The van der Waals surface area contributed by atoms with Crippen LogP contribution in [0, 0.1) is 0 Å². The zero-order valence-corrected chi connectivity index (χ0v) is 19.8. The van der Waals surface area contributed by atoms with Crippen LogP contribution < -0.4 is 0 Å². The first-order valence-corrected chi connectivity index (χ1v) is 14.3. The molecule has 1 aromatic rings. The summed E-state index contributed by atoms with van der Waals surface area (Å²) in [6.07, 6.45) is 4.26. The average molecular weight is 445 g/mol. The minimum absolute atomic E-state index is 0.0566. The van der Waals surface area contributed by atoms with Crippen LogP contribution >= 0.6 is 0 Å². The van der Waals surface area contributed by atoms with Gasteiger partial charge < -0.3 is 13.3 Å². The molecular weight excluding hydrogens is 408 g/mol. The third kappa shape index (κ3) is 10.5. The number of rotatable bonds is 17. The Hall–Kier alpha value is -1.06. The molecule has 0 unspecified atom stereocenters. The minimum atomic E-state index is -3.37. The Morgan fingerprint density at radius 3 is 1.90 bits per heavy atom. The highest BCUT2D eigenvalue weighted by molar-refractivity contribution is 7.92. The normalized spacial score (nSPS) is 12.2. The van der Waals surface area contributed by atoms with Crippen molar-refractivity contribution in [1.29, 1.82) is 0 Å². The van der Waals surface area contributed by atoms with E-state index in [1.54, 1.807) is 30.3 Å². The summed E-state index contributed by atoms with van der Waals surface area (Å²) < 4.78 is 41.9.